The molecule has 11 nitrogen and oxygen atoms in total. The van der Waals surface area contributed by atoms with Crippen LogP contribution in [0.2, 0.25) is 5.28 Å². The van der Waals surface area contributed by atoms with Gasteiger partial charge in [0.25, 0.3) is 0 Å². The second-order valence-corrected chi connectivity index (χ2v) is 17.5. The third kappa shape index (κ3) is 9.06. The van der Waals surface area contributed by atoms with Crippen LogP contribution in [0.15, 0.2) is 0 Å². The lowest BCUT2D eigenvalue weighted by Crippen LogP contribution is -2.70. The Labute approximate surface area is 287 Å². The number of anilines is 2. The van der Waals surface area contributed by atoms with Crippen LogP contribution in [-0.4, -0.2) is 97.0 Å². The van der Waals surface area contributed by atoms with Crippen molar-refractivity contribution in [2.75, 3.05) is 36.8 Å². The van der Waals surface area contributed by atoms with Crippen LogP contribution in [-0.2, 0) is 9.59 Å². The van der Waals surface area contributed by atoms with Crippen molar-refractivity contribution in [3.8, 4) is 0 Å². The predicted octanol–water partition coefficient (Wildman–Crippen LogP) is 5.22. The Morgan fingerprint density at radius 2 is 1.02 bits per heavy atom. The molecule has 4 aliphatic rings. The number of rotatable bonds is 10. The second kappa shape index (κ2) is 13.9. The minimum absolute atomic E-state index is 0.0210. The number of nitrogens with zero attached hydrogens (tertiary/aromatic N) is 5. The van der Waals surface area contributed by atoms with Gasteiger partial charge in [-0.1, -0.05) is 38.5 Å². The van der Waals surface area contributed by atoms with Gasteiger partial charge in [-0.25, -0.2) is 0 Å². The van der Waals surface area contributed by atoms with Crippen LogP contribution >= 0.6 is 11.6 Å². The fourth-order valence-electron chi connectivity index (χ4n) is 9.05. The summed E-state index contributed by atoms with van der Waals surface area (Å²) in [5.74, 6) is 1.86. The molecule has 1 aromatic heterocycles. The number of carbonyl (C=O) groups is 2. The lowest BCUT2D eigenvalue weighted by atomic mass is 9.82. The summed E-state index contributed by atoms with van der Waals surface area (Å²) in [5.41, 5.74) is -1.69. The van der Waals surface area contributed by atoms with E-state index in [9.17, 15) is 9.59 Å². The van der Waals surface area contributed by atoms with Gasteiger partial charge in [-0.05, 0) is 105 Å². The van der Waals surface area contributed by atoms with Gasteiger partial charge < -0.3 is 20.4 Å². The van der Waals surface area contributed by atoms with Gasteiger partial charge in [-0.3, -0.25) is 20.2 Å². The normalized spacial score (nSPS) is 26.1. The number of carbonyl (C=O) groups excluding carboxylic acids is 2. The summed E-state index contributed by atoms with van der Waals surface area (Å²) in [6.45, 7) is 18.9. The molecule has 5 rings (SSSR count). The van der Waals surface area contributed by atoms with Gasteiger partial charge in [0.1, 0.15) is 0 Å². The van der Waals surface area contributed by atoms with E-state index in [0.29, 0.717) is 49.9 Å². The van der Waals surface area contributed by atoms with E-state index in [1.807, 2.05) is 37.5 Å². The van der Waals surface area contributed by atoms with Gasteiger partial charge in [0.05, 0.1) is 11.1 Å². The van der Waals surface area contributed by atoms with Crippen LogP contribution in [0.4, 0.5) is 11.9 Å². The summed E-state index contributed by atoms with van der Waals surface area (Å²) in [5, 5.41) is 14.4. The summed E-state index contributed by atoms with van der Waals surface area (Å²) in [6, 6.07) is -0.0420. The molecule has 4 N–H and O–H groups in total. The van der Waals surface area contributed by atoms with Crippen molar-refractivity contribution in [2.24, 2.45) is 11.8 Å². The van der Waals surface area contributed by atoms with Crippen molar-refractivity contribution in [1.29, 1.82) is 0 Å². The van der Waals surface area contributed by atoms with E-state index in [4.69, 9.17) is 16.6 Å². The van der Waals surface area contributed by atoms with Crippen molar-refractivity contribution in [1.82, 2.24) is 35.4 Å². The number of amides is 2. The number of nitrogens with one attached hydrogen (secondary N) is 4. The highest BCUT2D eigenvalue weighted by molar-refractivity contribution is 6.28. The second-order valence-electron chi connectivity index (χ2n) is 17.2. The van der Waals surface area contributed by atoms with E-state index in [1.54, 1.807) is 0 Å². The number of hydrogen-bond donors (Lipinski definition) is 4. The lowest BCUT2D eigenvalue weighted by Gasteiger charge is -2.48. The first kappa shape index (κ1) is 36.1. The molecule has 4 fully saturated rings. The van der Waals surface area contributed by atoms with E-state index >= 15 is 0 Å². The van der Waals surface area contributed by atoms with Gasteiger partial charge in [-0.15, -0.1) is 0 Å². The Morgan fingerprint density at radius 3 is 1.38 bits per heavy atom. The Balaban J connectivity index is 1.38. The highest BCUT2D eigenvalue weighted by Gasteiger charge is 2.46. The maximum absolute atomic E-state index is 13.6. The minimum Gasteiger partial charge on any atom is -0.349 e. The highest BCUT2D eigenvalue weighted by atomic mass is 35.5. The number of hydrogen-bond acceptors (Lipinski definition) is 9. The zero-order valence-corrected chi connectivity index (χ0v) is 30.9. The average molecular weight is 674 g/mol. The fourth-order valence-corrected chi connectivity index (χ4v) is 9.21. The summed E-state index contributed by atoms with van der Waals surface area (Å²) in [7, 11) is 0. The SMILES string of the molecule is CC1(C)CN(CC(Nc2nc(Cl)nc(NC(CN3CC(C)(C)NC(C)(C)C3=O)C3CCCCC3)n2)C2CCCCC2)C(=O)C(C)(C)N1. The van der Waals surface area contributed by atoms with Gasteiger partial charge in [0, 0.05) is 49.3 Å². The van der Waals surface area contributed by atoms with E-state index in [2.05, 4.69) is 58.9 Å². The Hall–Kier alpha value is -2.24. The van der Waals surface area contributed by atoms with Crippen LogP contribution in [0, 0.1) is 11.8 Å². The van der Waals surface area contributed by atoms with E-state index in [0.717, 1.165) is 25.7 Å². The molecule has 47 heavy (non-hydrogen) atoms. The molecule has 0 spiro atoms. The molecule has 2 unspecified atom stereocenters. The topological polar surface area (TPSA) is 127 Å². The molecule has 2 aliphatic heterocycles. The molecular weight excluding hydrogens is 614 g/mol. The molecule has 2 atom stereocenters. The Kier molecular flexibility index (Phi) is 10.7. The van der Waals surface area contributed by atoms with Crippen molar-refractivity contribution in [2.45, 2.75) is 154 Å². The molecule has 2 saturated heterocycles. The zero-order chi connectivity index (χ0) is 34.2. The molecule has 2 saturated carbocycles. The third-order valence-corrected chi connectivity index (χ3v) is 10.8. The lowest BCUT2D eigenvalue weighted by molar-refractivity contribution is -0.144. The largest absolute Gasteiger partial charge is 0.349 e. The highest BCUT2D eigenvalue weighted by Crippen LogP contribution is 2.33. The molecule has 3 heterocycles. The maximum Gasteiger partial charge on any atom is 0.242 e. The monoisotopic (exact) mass is 673 g/mol. The molecule has 264 valence electrons. The minimum atomic E-state index is -0.642. The van der Waals surface area contributed by atoms with Crippen LogP contribution in [0.1, 0.15) is 120 Å². The average Bonchev–Trinajstić information content (AvgIpc) is 2.97. The third-order valence-electron chi connectivity index (χ3n) is 10.6. The molecule has 0 aromatic carbocycles. The molecule has 0 radical (unpaired) electrons. The van der Waals surface area contributed by atoms with Gasteiger partial charge in [0.2, 0.25) is 29.0 Å². The summed E-state index contributed by atoms with van der Waals surface area (Å²) >= 11 is 6.58. The number of piperazine rings is 2. The fraction of sp³-hybridized carbons (Fsp3) is 0.857. The summed E-state index contributed by atoms with van der Waals surface area (Å²) in [6.07, 6.45) is 11.6. The predicted molar refractivity (Wildman–Crippen MR) is 189 cm³/mol. The van der Waals surface area contributed by atoms with Crippen molar-refractivity contribution in [3.05, 3.63) is 5.28 Å². The van der Waals surface area contributed by atoms with E-state index < -0.39 is 11.1 Å². The Morgan fingerprint density at radius 1 is 0.660 bits per heavy atom. The molecule has 1 aromatic rings. The summed E-state index contributed by atoms with van der Waals surface area (Å²) < 4.78 is 0. The quantitative estimate of drug-likeness (QED) is 0.264. The maximum atomic E-state index is 13.6. The number of halogens is 1. The van der Waals surface area contributed by atoms with Crippen LogP contribution in [0.3, 0.4) is 0 Å². The van der Waals surface area contributed by atoms with E-state index in [1.165, 1.54) is 38.5 Å². The Bertz CT molecular complexity index is 1180. The van der Waals surface area contributed by atoms with Crippen LogP contribution < -0.4 is 21.3 Å². The molecule has 12 heteroatoms. The van der Waals surface area contributed by atoms with Crippen LogP contribution in [0.25, 0.3) is 0 Å². The smallest absolute Gasteiger partial charge is 0.242 e. The van der Waals surface area contributed by atoms with Crippen LogP contribution in [0.5, 0.6) is 0 Å². The first-order chi connectivity index (χ1) is 21.9. The first-order valence-corrected chi connectivity index (χ1v) is 18.4. The van der Waals surface area contributed by atoms with Crippen molar-refractivity contribution < 1.29 is 9.59 Å². The molecular formula is C35H60ClN9O2. The molecule has 2 amide bonds. The van der Waals surface area contributed by atoms with Gasteiger partial charge in [0.15, 0.2) is 0 Å². The molecule has 0 bridgehead atoms. The van der Waals surface area contributed by atoms with Gasteiger partial charge >= 0.3 is 0 Å². The van der Waals surface area contributed by atoms with Crippen molar-refractivity contribution >= 4 is 35.3 Å². The molecule has 2 aliphatic carbocycles. The zero-order valence-electron chi connectivity index (χ0n) is 30.1. The number of aromatic nitrogens is 3. The standard InChI is InChI=1S/C35H60ClN9O2/c1-32(2)21-44(27(46)34(5,6)42-32)19-25(23-15-11-9-12-16-23)37-30-39-29(36)40-31(41-30)38-26(24-17-13-10-14-18-24)20-45-22-33(3,4)43-35(7,8)28(45)47/h23-26,42-43H,9-22H2,1-8H3,(H2,37,38,39,40,41). The summed E-state index contributed by atoms with van der Waals surface area (Å²) in [4.78, 5) is 45.1. The van der Waals surface area contributed by atoms with E-state index in [-0.39, 0.29) is 40.3 Å². The first-order valence-electron chi connectivity index (χ1n) is 18.1. The van der Waals surface area contributed by atoms with Gasteiger partial charge in [-0.2, -0.15) is 15.0 Å². The van der Waals surface area contributed by atoms with Crippen molar-refractivity contribution in [3.63, 3.8) is 0 Å².